The molecule has 0 bridgehead atoms. The van der Waals surface area contributed by atoms with Gasteiger partial charge in [0.15, 0.2) is 0 Å². The lowest BCUT2D eigenvalue weighted by Crippen LogP contribution is -2.38. The number of rotatable bonds is 4. The average molecular weight is 157 g/mol. The van der Waals surface area contributed by atoms with Crippen molar-refractivity contribution in [2.75, 3.05) is 27.3 Å². The smallest absolute Gasteiger partial charge is 0.0869 e. The summed E-state index contributed by atoms with van der Waals surface area (Å²) in [5.74, 6) is 0. The maximum absolute atomic E-state index is 4.96. The molecular weight excluding hydrogens is 142 g/mol. The van der Waals surface area contributed by atoms with Gasteiger partial charge >= 0.3 is 0 Å². The van der Waals surface area contributed by atoms with Gasteiger partial charge in [0.1, 0.15) is 0 Å². The molecule has 4 heteroatoms. The molecule has 0 aromatic heterocycles. The van der Waals surface area contributed by atoms with Crippen molar-refractivity contribution in [2.45, 2.75) is 6.04 Å². The topological polar surface area (TPSA) is 45.3 Å². The van der Waals surface area contributed by atoms with Gasteiger partial charge in [-0.1, -0.05) is 0 Å². The quantitative estimate of drug-likeness (QED) is 0.500. The van der Waals surface area contributed by atoms with Crippen LogP contribution in [0.2, 0.25) is 0 Å². The molecular formula is C7H15N3O. The molecule has 0 aromatic rings. The van der Waals surface area contributed by atoms with Crippen LogP contribution in [-0.2, 0) is 4.74 Å². The molecule has 1 rings (SSSR count). The molecule has 1 unspecified atom stereocenters. The third-order valence-corrected chi connectivity index (χ3v) is 1.54. The highest BCUT2D eigenvalue weighted by Gasteiger charge is 2.12. The maximum atomic E-state index is 4.96. The standard InChI is InChI=1S/C7H15N3O/c1-8-4-6-3-7(5-11-2)10-9-6/h3,6,8-10H,4-5H2,1-2H3. The van der Waals surface area contributed by atoms with E-state index in [9.17, 15) is 0 Å². The van der Waals surface area contributed by atoms with E-state index in [1.54, 1.807) is 7.11 Å². The highest BCUT2D eigenvalue weighted by Crippen LogP contribution is 1.99. The van der Waals surface area contributed by atoms with Crippen molar-refractivity contribution in [3.63, 3.8) is 0 Å². The molecule has 1 aliphatic rings. The van der Waals surface area contributed by atoms with Crippen molar-refractivity contribution in [1.29, 1.82) is 0 Å². The Morgan fingerprint density at radius 1 is 1.73 bits per heavy atom. The van der Waals surface area contributed by atoms with Crippen molar-refractivity contribution in [3.8, 4) is 0 Å². The summed E-state index contributed by atoms with van der Waals surface area (Å²) < 4.78 is 4.96. The van der Waals surface area contributed by atoms with Crippen LogP contribution in [0.5, 0.6) is 0 Å². The van der Waals surface area contributed by atoms with Gasteiger partial charge in [-0.15, -0.1) is 0 Å². The van der Waals surface area contributed by atoms with Crippen molar-refractivity contribution in [3.05, 3.63) is 11.8 Å². The van der Waals surface area contributed by atoms with Gasteiger partial charge in [-0.05, 0) is 13.1 Å². The minimum atomic E-state index is 0.380. The Kier molecular flexibility index (Phi) is 3.35. The van der Waals surface area contributed by atoms with E-state index in [1.807, 2.05) is 7.05 Å². The number of hydrogen-bond acceptors (Lipinski definition) is 4. The molecule has 11 heavy (non-hydrogen) atoms. The third kappa shape index (κ3) is 2.49. The predicted molar refractivity (Wildman–Crippen MR) is 43.9 cm³/mol. The third-order valence-electron chi connectivity index (χ3n) is 1.54. The number of nitrogens with one attached hydrogen (secondary N) is 3. The highest BCUT2D eigenvalue weighted by molar-refractivity contribution is 5.10. The Morgan fingerprint density at radius 3 is 3.18 bits per heavy atom. The molecule has 0 spiro atoms. The minimum Gasteiger partial charge on any atom is -0.378 e. The number of likely N-dealkylation sites (N-methyl/N-ethyl adjacent to an activating group) is 1. The highest BCUT2D eigenvalue weighted by atomic mass is 16.5. The van der Waals surface area contributed by atoms with Crippen molar-refractivity contribution in [1.82, 2.24) is 16.2 Å². The second-order valence-corrected chi connectivity index (χ2v) is 2.56. The monoisotopic (exact) mass is 157 g/mol. The molecule has 0 saturated carbocycles. The molecule has 1 atom stereocenters. The van der Waals surface area contributed by atoms with Gasteiger partial charge in [-0.2, -0.15) is 0 Å². The molecule has 4 nitrogen and oxygen atoms in total. The van der Waals surface area contributed by atoms with Crippen LogP contribution < -0.4 is 16.2 Å². The van der Waals surface area contributed by atoms with E-state index < -0.39 is 0 Å². The van der Waals surface area contributed by atoms with Crippen molar-refractivity contribution < 1.29 is 4.74 Å². The second-order valence-electron chi connectivity index (χ2n) is 2.56. The Hall–Kier alpha value is -0.580. The molecule has 0 radical (unpaired) electrons. The first kappa shape index (κ1) is 8.52. The number of hydrogen-bond donors (Lipinski definition) is 3. The first-order chi connectivity index (χ1) is 5.36. The first-order valence-electron chi connectivity index (χ1n) is 3.72. The van der Waals surface area contributed by atoms with E-state index in [0.717, 1.165) is 12.2 Å². The molecule has 3 N–H and O–H groups in total. The number of hydrazine groups is 1. The zero-order valence-electron chi connectivity index (χ0n) is 6.98. The summed E-state index contributed by atoms with van der Waals surface area (Å²) in [6.45, 7) is 1.58. The molecule has 0 aromatic carbocycles. The lowest BCUT2D eigenvalue weighted by atomic mass is 10.3. The van der Waals surface area contributed by atoms with E-state index in [2.05, 4.69) is 22.2 Å². The maximum Gasteiger partial charge on any atom is 0.0869 e. The summed E-state index contributed by atoms with van der Waals surface area (Å²) in [6.07, 6.45) is 2.12. The van der Waals surface area contributed by atoms with Gasteiger partial charge in [-0.3, -0.25) is 0 Å². The molecule has 0 amide bonds. The van der Waals surface area contributed by atoms with Crippen molar-refractivity contribution >= 4 is 0 Å². The Labute approximate surface area is 67.0 Å². The predicted octanol–water partition coefficient (Wildman–Crippen LogP) is -0.787. The molecule has 0 aliphatic carbocycles. The molecule has 1 aliphatic heterocycles. The normalized spacial score (nSPS) is 23.1. The van der Waals surface area contributed by atoms with Crippen molar-refractivity contribution in [2.24, 2.45) is 0 Å². The van der Waals surface area contributed by atoms with Crippen LogP contribution in [-0.4, -0.2) is 33.4 Å². The Bertz CT molecular complexity index is 147. The molecule has 1 heterocycles. The Morgan fingerprint density at radius 2 is 2.55 bits per heavy atom. The zero-order chi connectivity index (χ0) is 8.10. The van der Waals surface area contributed by atoms with Gasteiger partial charge < -0.3 is 15.5 Å². The van der Waals surface area contributed by atoms with Gasteiger partial charge in [0.05, 0.1) is 12.6 Å². The second kappa shape index (κ2) is 4.33. The zero-order valence-corrected chi connectivity index (χ0v) is 6.98. The van der Waals surface area contributed by atoms with Gasteiger partial charge in [0.2, 0.25) is 0 Å². The number of ether oxygens (including phenoxy) is 1. The van der Waals surface area contributed by atoms with Crippen LogP contribution in [0.1, 0.15) is 0 Å². The first-order valence-corrected chi connectivity index (χ1v) is 3.72. The van der Waals surface area contributed by atoms with Crippen LogP contribution >= 0.6 is 0 Å². The SMILES string of the molecule is CNCC1C=C(COC)NN1. The summed E-state index contributed by atoms with van der Waals surface area (Å²) in [6, 6.07) is 0.380. The van der Waals surface area contributed by atoms with E-state index in [4.69, 9.17) is 4.74 Å². The van der Waals surface area contributed by atoms with Crippen LogP contribution in [0, 0.1) is 0 Å². The minimum absolute atomic E-state index is 0.380. The van der Waals surface area contributed by atoms with Gasteiger partial charge in [0.25, 0.3) is 0 Å². The van der Waals surface area contributed by atoms with Crippen LogP contribution in [0.15, 0.2) is 11.8 Å². The molecule has 0 saturated heterocycles. The van der Waals surface area contributed by atoms with Gasteiger partial charge in [-0.25, -0.2) is 5.43 Å². The van der Waals surface area contributed by atoms with E-state index in [1.165, 1.54) is 0 Å². The van der Waals surface area contributed by atoms with Crippen LogP contribution in [0.25, 0.3) is 0 Å². The average Bonchev–Trinajstić information content (AvgIpc) is 2.38. The summed E-state index contributed by atoms with van der Waals surface area (Å²) >= 11 is 0. The van der Waals surface area contributed by atoms with Gasteiger partial charge in [0, 0.05) is 19.4 Å². The van der Waals surface area contributed by atoms with Crippen LogP contribution in [0.3, 0.4) is 0 Å². The fourth-order valence-corrected chi connectivity index (χ4v) is 1.08. The summed E-state index contributed by atoms with van der Waals surface area (Å²) in [7, 11) is 3.62. The summed E-state index contributed by atoms with van der Waals surface area (Å²) in [5.41, 5.74) is 7.25. The Balaban J connectivity index is 2.28. The summed E-state index contributed by atoms with van der Waals surface area (Å²) in [4.78, 5) is 0. The van der Waals surface area contributed by atoms with E-state index >= 15 is 0 Å². The summed E-state index contributed by atoms with van der Waals surface area (Å²) in [5, 5.41) is 3.08. The van der Waals surface area contributed by atoms with E-state index in [0.29, 0.717) is 12.6 Å². The van der Waals surface area contributed by atoms with E-state index in [-0.39, 0.29) is 0 Å². The fourth-order valence-electron chi connectivity index (χ4n) is 1.08. The lowest BCUT2D eigenvalue weighted by Gasteiger charge is -2.06. The molecule has 64 valence electrons. The lowest BCUT2D eigenvalue weighted by molar-refractivity contribution is 0.220. The van der Waals surface area contributed by atoms with Crippen LogP contribution in [0.4, 0.5) is 0 Å². The molecule has 0 fully saturated rings. The largest absolute Gasteiger partial charge is 0.378 e. The fraction of sp³-hybridized carbons (Fsp3) is 0.714. The number of methoxy groups -OCH3 is 1.